The van der Waals surface area contributed by atoms with Gasteiger partial charge in [0.15, 0.2) is 0 Å². The van der Waals surface area contributed by atoms with E-state index in [0.29, 0.717) is 19.8 Å². The molecule has 0 spiro atoms. The Morgan fingerprint density at radius 1 is 1.18 bits per heavy atom. The van der Waals surface area contributed by atoms with Crippen LogP contribution in [0.5, 0.6) is 0 Å². The first-order valence-electron chi connectivity index (χ1n) is 7.25. The first-order chi connectivity index (χ1) is 10.6. The molecule has 0 unspecified atom stereocenters. The number of nitro benzene ring substituents is 1. The molecule has 0 aromatic heterocycles. The maximum Gasteiger partial charge on any atom is 0.269 e. The van der Waals surface area contributed by atoms with Crippen LogP contribution in [0.2, 0.25) is 0 Å². The van der Waals surface area contributed by atoms with Gasteiger partial charge in [-0.15, -0.1) is 0 Å². The van der Waals surface area contributed by atoms with Crippen LogP contribution in [0.15, 0.2) is 42.5 Å². The lowest BCUT2D eigenvalue weighted by Crippen LogP contribution is -2.05. The summed E-state index contributed by atoms with van der Waals surface area (Å²) in [6.45, 7) is 5.77. The number of aryl methyl sites for hydroxylation is 1. The fourth-order valence-electron chi connectivity index (χ4n) is 2.23. The summed E-state index contributed by atoms with van der Waals surface area (Å²) < 4.78 is 5.48. The van der Waals surface area contributed by atoms with Crippen molar-refractivity contribution in [1.29, 1.82) is 0 Å². The second-order valence-corrected chi connectivity index (χ2v) is 5.02. The van der Waals surface area contributed by atoms with Crippen molar-refractivity contribution in [2.75, 3.05) is 11.9 Å². The van der Waals surface area contributed by atoms with Gasteiger partial charge in [0, 0.05) is 31.0 Å². The summed E-state index contributed by atoms with van der Waals surface area (Å²) in [7, 11) is 0. The van der Waals surface area contributed by atoms with Gasteiger partial charge in [-0.1, -0.05) is 24.3 Å². The summed E-state index contributed by atoms with van der Waals surface area (Å²) in [5.41, 5.74) is 4.18. The molecule has 1 N–H and O–H groups in total. The number of nitrogens with one attached hydrogen (secondary N) is 1. The minimum Gasteiger partial charge on any atom is -0.381 e. The van der Waals surface area contributed by atoms with Crippen molar-refractivity contribution < 1.29 is 9.66 Å². The molecule has 0 radical (unpaired) electrons. The molecule has 0 fully saturated rings. The highest BCUT2D eigenvalue weighted by Gasteiger charge is 2.08. The summed E-state index contributed by atoms with van der Waals surface area (Å²) in [4.78, 5) is 10.4. The second kappa shape index (κ2) is 7.56. The van der Waals surface area contributed by atoms with E-state index in [2.05, 4.69) is 17.4 Å². The van der Waals surface area contributed by atoms with Crippen LogP contribution in [0, 0.1) is 17.0 Å². The molecular formula is C17H20N2O3. The monoisotopic (exact) mass is 300 g/mol. The third kappa shape index (κ3) is 4.05. The van der Waals surface area contributed by atoms with Crippen LogP contribution in [-0.4, -0.2) is 11.5 Å². The number of non-ortho nitro benzene ring substituents is 1. The number of benzene rings is 2. The first kappa shape index (κ1) is 16.0. The van der Waals surface area contributed by atoms with E-state index in [4.69, 9.17) is 4.74 Å². The van der Waals surface area contributed by atoms with Gasteiger partial charge < -0.3 is 10.1 Å². The Labute approximate surface area is 130 Å². The minimum absolute atomic E-state index is 0.111. The Kier molecular flexibility index (Phi) is 5.49. The lowest BCUT2D eigenvalue weighted by atomic mass is 10.1. The van der Waals surface area contributed by atoms with Crippen molar-refractivity contribution in [3.05, 3.63) is 69.3 Å². The van der Waals surface area contributed by atoms with Gasteiger partial charge in [0.05, 0.1) is 11.5 Å². The van der Waals surface area contributed by atoms with Crippen LogP contribution >= 0.6 is 0 Å². The predicted octanol–water partition coefficient (Wildman–Crippen LogP) is 4.05. The van der Waals surface area contributed by atoms with Crippen molar-refractivity contribution >= 4 is 11.4 Å². The predicted molar refractivity (Wildman–Crippen MR) is 86.9 cm³/mol. The highest BCUT2D eigenvalue weighted by atomic mass is 16.6. The van der Waals surface area contributed by atoms with Crippen LogP contribution < -0.4 is 5.32 Å². The van der Waals surface area contributed by atoms with Gasteiger partial charge in [-0.3, -0.25) is 10.1 Å². The topological polar surface area (TPSA) is 64.4 Å². The second-order valence-electron chi connectivity index (χ2n) is 5.02. The van der Waals surface area contributed by atoms with Gasteiger partial charge in [-0.25, -0.2) is 0 Å². The molecule has 0 atom stereocenters. The van der Waals surface area contributed by atoms with Crippen molar-refractivity contribution in [3.8, 4) is 0 Å². The van der Waals surface area contributed by atoms with Gasteiger partial charge in [0.25, 0.3) is 5.69 Å². The van der Waals surface area contributed by atoms with Crippen LogP contribution in [0.25, 0.3) is 0 Å². The Bertz CT molecular complexity index is 656. The molecule has 0 heterocycles. The fourth-order valence-corrected chi connectivity index (χ4v) is 2.23. The molecule has 2 aromatic rings. The van der Waals surface area contributed by atoms with E-state index in [0.717, 1.165) is 22.4 Å². The van der Waals surface area contributed by atoms with Gasteiger partial charge in [-0.05, 0) is 36.6 Å². The first-order valence-corrected chi connectivity index (χ1v) is 7.25. The van der Waals surface area contributed by atoms with E-state index < -0.39 is 0 Å². The summed E-state index contributed by atoms with van der Waals surface area (Å²) >= 11 is 0. The SMILES string of the molecule is CCOCc1ccccc1CNc1ccc([N+](=O)[O-])cc1C. The average Bonchev–Trinajstić information content (AvgIpc) is 2.52. The van der Waals surface area contributed by atoms with Crippen molar-refractivity contribution in [1.82, 2.24) is 0 Å². The van der Waals surface area contributed by atoms with Crippen LogP contribution in [0.1, 0.15) is 23.6 Å². The Hall–Kier alpha value is -2.40. The summed E-state index contributed by atoms with van der Waals surface area (Å²) in [5, 5.41) is 14.1. The molecule has 116 valence electrons. The lowest BCUT2D eigenvalue weighted by Gasteiger charge is -2.13. The molecule has 0 amide bonds. The average molecular weight is 300 g/mol. The number of rotatable bonds is 7. The highest BCUT2D eigenvalue weighted by Crippen LogP contribution is 2.22. The number of nitro groups is 1. The molecule has 5 nitrogen and oxygen atoms in total. The Morgan fingerprint density at radius 3 is 2.55 bits per heavy atom. The largest absolute Gasteiger partial charge is 0.381 e. The standard InChI is InChI=1S/C17H20N2O3/c1-3-22-12-15-7-5-4-6-14(15)11-18-17-9-8-16(19(20)21)10-13(17)2/h4-10,18H,3,11-12H2,1-2H3. The van der Waals surface area contributed by atoms with E-state index in [1.54, 1.807) is 12.1 Å². The number of anilines is 1. The Morgan fingerprint density at radius 2 is 1.91 bits per heavy atom. The maximum absolute atomic E-state index is 10.8. The molecule has 22 heavy (non-hydrogen) atoms. The van der Waals surface area contributed by atoms with Gasteiger partial charge in [0.1, 0.15) is 0 Å². The molecule has 0 aliphatic heterocycles. The molecule has 0 saturated heterocycles. The molecular weight excluding hydrogens is 280 g/mol. The molecule has 0 aliphatic carbocycles. The third-order valence-corrected chi connectivity index (χ3v) is 3.47. The number of nitrogens with zero attached hydrogens (tertiary/aromatic N) is 1. The lowest BCUT2D eigenvalue weighted by molar-refractivity contribution is -0.384. The summed E-state index contributed by atoms with van der Waals surface area (Å²) in [6.07, 6.45) is 0. The summed E-state index contributed by atoms with van der Waals surface area (Å²) in [6, 6.07) is 12.9. The van der Waals surface area contributed by atoms with Crippen LogP contribution in [-0.2, 0) is 17.9 Å². The van der Waals surface area contributed by atoms with Crippen LogP contribution in [0.3, 0.4) is 0 Å². The number of ether oxygens (including phenoxy) is 1. The van der Waals surface area contributed by atoms with E-state index in [1.807, 2.05) is 26.0 Å². The van der Waals surface area contributed by atoms with Gasteiger partial charge >= 0.3 is 0 Å². The maximum atomic E-state index is 10.8. The van der Waals surface area contributed by atoms with Gasteiger partial charge in [0.2, 0.25) is 0 Å². The molecule has 2 aromatic carbocycles. The third-order valence-electron chi connectivity index (χ3n) is 3.47. The Balaban J connectivity index is 2.08. The molecule has 0 saturated carbocycles. The number of hydrogen-bond acceptors (Lipinski definition) is 4. The normalized spacial score (nSPS) is 10.5. The number of hydrogen-bond donors (Lipinski definition) is 1. The molecule has 2 rings (SSSR count). The minimum atomic E-state index is -0.381. The van der Waals surface area contributed by atoms with Gasteiger partial charge in [-0.2, -0.15) is 0 Å². The van der Waals surface area contributed by atoms with E-state index in [1.165, 1.54) is 6.07 Å². The fraction of sp³-hybridized carbons (Fsp3) is 0.294. The zero-order chi connectivity index (χ0) is 15.9. The zero-order valence-corrected chi connectivity index (χ0v) is 12.8. The molecule has 5 heteroatoms. The highest BCUT2D eigenvalue weighted by molar-refractivity contribution is 5.55. The van der Waals surface area contributed by atoms with E-state index in [-0.39, 0.29) is 10.6 Å². The molecule has 0 bridgehead atoms. The van der Waals surface area contributed by atoms with E-state index in [9.17, 15) is 10.1 Å². The van der Waals surface area contributed by atoms with Crippen LogP contribution in [0.4, 0.5) is 11.4 Å². The van der Waals surface area contributed by atoms with Crippen molar-refractivity contribution in [3.63, 3.8) is 0 Å². The molecule has 0 aliphatic rings. The zero-order valence-electron chi connectivity index (χ0n) is 12.8. The smallest absolute Gasteiger partial charge is 0.269 e. The summed E-state index contributed by atoms with van der Waals surface area (Å²) in [5.74, 6) is 0. The van der Waals surface area contributed by atoms with E-state index >= 15 is 0 Å². The quantitative estimate of drug-likeness (QED) is 0.619. The van der Waals surface area contributed by atoms with Crippen molar-refractivity contribution in [2.45, 2.75) is 27.0 Å². The van der Waals surface area contributed by atoms with Crippen molar-refractivity contribution in [2.24, 2.45) is 0 Å².